The van der Waals surface area contributed by atoms with Gasteiger partial charge in [0, 0.05) is 90.3 Å². The Hall–Kier alpha value is -11.9. The number of anilines is 4. The van der Waals surface area contributed by atoms with Crippen molar-refractivity contribution in [2.75, 3.05) is 122 Å². The lowest BCUT2D eigenvalue weighted by molar-refractivity contribution is -0.883. The molecule has 0 aliphatic carbocycles. The number of likely N-dealkylation sites (N-methyl/N-ethyl adjacent to an activating group) is 1. The van der Waals surface area contributed by atoms with Gasteiger partial charge >= 0.3 is 12.1 Å². The van der Waals surface area contributed by atoms with Gasteiger partial charge in [0.15, 0.2) is 28.5 Å². The summed E-state index contributed by atoms with van der Waals surface area (Å²) in [7, 11) is 10.7. The van der Waals surface area contributed by atoms with Crippen LogP contribution in [-0.2, 0) is 33.5 Å². The fourth-order valence-corrected chi connectivity index (χ4v) is 14.8. The minimum Gasteiger partial charge on any atom is -0.530 e. The van der Waals surface area contributed by atoms with Crippen LogP contribution in [-0.4, -0.2) is 232 Å². The summed E-state index contributed by atoms with van der Waals surface area (Å²) in [5.41, 5.74) is 4.12. The molecule has 0 spiro atoms. The van der Waals surface area contributed by atoms with Crippen molar-refractivity contribution in [1.82, 2.24) is 84.3 Å². The average Bonchev–Trinajstić information content (AvgIpc) is 0.876. The molecule has 0 unspecified atom stereocenters. The zero-order valence-electron chi connectivity index (χ0n) is 66.0. The van der Waals surface area contributed by atoms with Crippen LogP contribution in [0.3, 0.4) is 0 Å². The van der Waals surface area contributed by atoms with Gasteiger partial charge in [-0.2, -0.15) is 0 Å². The van der Waals surface area contributed by atoms with Gasteiger partial charge in [-0.15, -0.1) is 32.9 Å². The number of rotatable bonds is 28. The van der Waals surface area contributed by atoms with Crippen molar-refractivity contribution in [3.05, 3.63) is 173 Å². The summed E-state index contributed by atoms with van der Waals surface area (Å²) in [4.78, 5) is 118. The number of ether oxygens (including phenoxy) is 3. The van der Waals surface area contributed by atoms with Crippen molar-refractivity contribution in [1.29, 1.82) is 0 Å². The maximum Gasteiger partial charge on any atom is 0.407 e. The normalized spacial score (nSPS) is 14.8. The minimum absolute atomic E-state index is 0.0216. The van der Waals surface area contributed by atoms with Crippen molar-refractivity contribution in [2.24, 2.45) is 0 Å². The first-order chi connectivity index (χ1) is 54.4. The van der Waals surface area contributed by atoms with Crippen molar-refractivity contribution < 1.29 is 52.9 Å². The smallest absolute Gasteiger partial charge is 0.407 e. The number of carboxylic acids is 1. The van der Waals surface area contributed by atoms with Gasteiger partial charge < -0.3 is 58.6 Å². The highest BCUT2D eigenvalue weighted by Gasteiger charge is 2.32. The Labute approximate surface area is 666 Å². The first-order valence-electron chi connectivity index (χ1n) is 37.3. The number of thiazole rings is 2. The second kappa shape index (κ2) is 36.7. The summed E-state index contributed by atoms with van der Waals surface area (Å²) in [6, 6.07) is 21.0. The molecule has 8 aromatic heterocycles. The summed E-state index contributed by atoms with van der Waals surface area (Å²) in [6.45, 7) is 16.6. The zero-order valence-corrected chi connectivity index (χ0v) is 67.6. The monoisotopic (exact) mass is 1600 g/mol. The number of alkyl carbamates (subject to hydrolysis) is 1. The largest absolute Gasteiger partial charge is 0.530 e. The van der Waals surface area contributed by atoms with E-state index in [2.05, 4.69) is 77.7 Å². The van der Waals surface area contributed by atoms with Crippen molar-refractivity contribution in [3.8, 4) is 11.5 Å². The van der Waals surface area contributed by atoms with E-state index in [1.807, 2.05) is 123 Å². The molecule has 12 rings (SSSR count). The van der Waals surface area contributed by atoms with Crippen LogP contribution < -0.4 is 51.4 Å². The Morgan fingerprint density at radius 3 is 1.58 bits per heavy atom. The Morgan fingerprint density at radius 1 is 0.649 bits per heavy atom. The fraction of sp³-hybridized carbons (Fsp3) is 0.423. The topological polar surface area (TPSA) is 387 Å². The van der Waals surface area contributed by atoms with E-state index in [1.54, 1.807) is 72.2 Å². The Balaban J connectivity index is 0.000000225. The molecule has 2 atom stereocenters. The fourth-order valence-electron chi connectivity index (χ4n) is 13.0. The molecule has 0 saturated carbocycles. The molecular formula is C78H96N22O12S2. The van der Waals surface area contributed by atoms with E-state index < -0.39 is 30.2 Å². The molecule has 2 fully saturated rings. The van der Waals surface area contributed by atoms with E-state index >= 15 is 0 Å². The number of aromatic nitrogens is 14. The van der Waals surface area contributed by atoms with Gasteiger partial charge in [0.2, 0.25) is 0 Å². The number of benzene rings is 2. The van der Waals surface area contributed by atoms with E-state index in [-0.39, 0.29) is 79.5 Å². The number of carboxylic acid groups (broad SMARTS) is 2. The number of piperidine rings is 2. The lowest BCUT2D eigenvalue weighted by Gasteiger charge is -2.41. The molecule has 2 aromatic carbocycles. The molecular weight excluding hydrogens is 1500 g/mol. The highest BCUT2D eigenvalue weighted by atomic mass is 32.1. The van der Waals surface area contributed by atoms with Crippen LogP contribution in [0.1, 0.15) is 146 Å². The summed E-state index contributed by atoms with van der Waals surface area (Å²) in [6.07, 6.45) is 11.1. The average molecular weight is 1600 g/mol. The molecule has 10 aromatic rings. The summed E-state index contributed by atoms with van der Waals surface area (Å²) in [5, 5.41) is 59.2. The number of hydrogen-bond acceptors (Lipinski definition) is 26. The SMILES string of the molecule is COc1ccc(Cn2nnnc2C=Cc2c(N3CCC[C@@H](N(CCCN(C)C)C(=O)[O-])C3)nc3cc(C(=O)Nc4nc(C(C)(C)C)cs4)ccn3c2=O)cc1.COc1ccc(Cn2nnnc2C=Cc2c(N3CCC[C@@H](OC(=O)NCCC[N+](C)(C)CC(=O)O)C3)nc3cc(C(=O)Nc4nc(C(C)(C)C)cs4)ccn3c2=O)cc1. The second-order valence-corrected chi connectivity index (χ2v) is 32.5. The van der Waals surface area contributed by atoms with E-state index in [9.17, 15) is 38.7 Å². The van der Waals surface area contributed by atoms with Crippen LogP contribution in [0.25, 0.3) is 35.6 Å². The number of hydrogen-bond donors (Lipinski definition) is 4. The molecule has 0 bridgehead atoms. The summed E-state index contributed by atoms with van der Waals surface area (Å²) in [5.74, 6) is 1.31. The molecule has 2 saturated heterocycles. The van der Waals surface area contributed by atoms with Crippen LogP contribution in [0.15, 0.2) is 106 Å². The van der Waals surface area contributed by atoms with Crippen LogP contribution in [0.5, 0.6) is 11.5 Å². The first-order valence-corrected chi connectivity index (χ1v) is 39.1. The molecule has 114 heavy (non-hydrogen) atoms. The summed E-state index contributed by atoms with van der Waals surface area (Å²) >= 11 is 2.68. The predicted molar refractivity (Wildman–Crippen MR) is 432 cm³/mol. The van der Waals surface area contributed by atoms with Gasteiger partial charge in [-0.25, -0.2) is 38.9 Å². The number of carbonyl (C=O) groups excluding carboxylic acids is 4. The molecule has 4 amide bonds. The molecule has 34 nitrogen and oxygen atoms in total. The number of nitrogens with one attached hydrogen (secondary N) is 3. The highest BCUT2D eigenvalue weighted by molar-refractivity contribution is 7.14. The Morgan fingerprint density at radius 2 is 1.13 bits per heavy atom. The zero-order chi connectivity index (χ0) is 81.6. The quantitative estimate of drug-likeness (QED) is 0.0270. The van der Waals surface area contributed by atoms with Gasteiger partial charge in [0.05, 0.1) is 77.0 Å². The van der Waals surface area contributed by atoms with Crippen molar-refractivity contribution >= 4 is 110 Å². The molecule has 36 heteroatoms. The number of amides is 4. The molecule has 0 radical (unpaired) electrons. The van der Waals surface area contributed by atoms with Gasteiger partial charge in [0.25, 0.3) is 22.9 Å². The standard InChI is InChI=1S/C40H49N11O7S.C38H47N11O5S/c1-40(2,3)31-25-59-38(42-31)44-36(54)27-16-19-49-33(21-27)43-35(48-18-7-9-29(23-48)58-39(56)41-17-8-20-51(4,5)24-34(52)53)30(37(49)55)14-15-32-45-46-47-50(32)22-26-10-12-28(57-6)13-11-26;1-38(2,3)30-24-55-36(39-30)41-34(50)26-16-20-48-32(21-26)40-33(46-18-7-9-27(23-46)47(37(52)53)19-8-17-45(4)5)29(35(48)51)14-15-31-42-43-44-49(31)22-25-10-12-28(54-6)13-11-25/h10-16,19,21,25,29H,7-9,17-18,20,22-24H2,1-6H3,(H2-,41,42,44,52,53,54,56);10-16,20-21,24,27H,7-9,17-19,22-23H2,1-6H3,(H,52,53)(H,39,41,50)/t29-;27-/m11/s1. The number of carbonyl (C=O) groups is 5. The minimum atomic E-state index is -1.23. The predicted octanol–water partition coefficient (Wildman–Crippen LogP) is 7.64. The third-order valence-corrected chi connectivity index (χ3v) is 20.7. The molecule has 602 valence electrons. The van der Waals surface area contributed by atoms with Gasteiger partial charge in [-0.3, -0.25) is 38.6 Å². The maximum absolute atomic E-state index is 14.3. The third-order valence-electron chi connectivity index (χ3n) is 19.2. The lowest BCUT2D eigenvalue weighted by atomic mass is 9.93. The van der Waals surface area contributed by atoms with E-state index in [0.717, 1.165) is 40.6 Å². The molecule has 2 aliphatic rings. The van der Waals surface area contributed by atoms with E-state index in [0.29, 0.717) is 130 Å². The first kappa shape index (κ1) is 83.1. The molecule has 10 heterocycles. The Kier molecular flexibility index (Phi) is 26.8. The van der Waals surface area contributed by atoms with Gasteiger partial charge in [0.1, 0.15) is 46.6 Å². The lowest BCUT2D eigenvalue weighted by Crippen LogP contribution is -2.54. The Bertz CT molecular complexity index is 5250. The number of fused-ring (bicyclic) bond motifs is 2. The van der Waals surface area contributed by atoms with Gasteiger partial charge in [-0.1, -0.05) is 65.8 Å². The molecule has 2 aliphatic heterocycles. The number of aliphatic carboxylic acids is 1. The van der Waals surface area contributed by atoms with Crippen LogP contribution in [0.2, 0.25) is 0 Å². The second-order valence-electron chi connectivity index (χ2n) is 30.8. The number of pyridine rings is 2. The third kappa shape index (κ3) is 21.7. The van der Waals surface area contributed by atoms with Crippen LogP contribution >= 0.6 is 22.7 Å². The van der Waals surface area contributed by atoms with Gasteiger partial charge in [-0.05, 0) is 158 Å². The number of tetrazole rings is 2. The van der Waals surface area contributed by atoms with E-state index in [4.69, 9.17) is 29.3 Å². The van der Waals surface area contributed by atoms with Crippen LogP contribution in [0, 0.1) is 0 Å². The highest BCUT2D eigenvalue weighted by Crippen LogP contribution is 2.31. The van der Waals surface area contributed by atoms with Crippen molar-refractivity contribution in [2.45, 2.75) is 116 Å². The number of nitrogens with zero attached hydrogens (tertiary/aromatic N) is 19. The summed E-state index contributed by atoms with van der Waals surface area (Å²) < 4.78 is 22.6. The molecule has 4 N–H and O–H groups in total. The van der Waals surface area contributed by atoms with Crippen LogP contribution in [0.4, 0.5) is 31.5 Å². The number of quaternary nitrogens is 1. The maximum atomic E-state index is 14.3. The van der Waals surface area contributed by atoms with Crippen molar-refractivity contribution in [3.63, 3.8) is 0 Å². The van der Waals surface area contributed by atoms with E-state index in [1.165, 1.54) is 48.8 Å². The number of methoxy groups -OCH3 is 2.